The molecule has 0 radical (unpaired) electrons. The fourth-order valence-electron chi connectivity index (χ4n) is 3.42. The predicted molar refractivity (Wildman–Crippen MR) is 99.4 cm³/mol. The standard InChI is InChI=1S/C21H24FN3O2/c1-23-11-3-6-19(23)13-24(17-7-8-17)20(26)14-25(18-9-10-18)21(27)15-4-2-5-16(22)12-15/h2-6,11-12,17-18H,7-10,13-14H2,1H3. The van der Waals surface area contributed by atoms with E-state index in [2.05, 4.69) is 0 Å². The lowest BCUT2D eigenvalue weighted by molar-refractivity contribution is -0.133. The molecule has 0 saturated heterocycles. The smallest absolute Gasteiger partial charge is 0.254 e. The first kappa shape index (κ1) is 17.8. The van der Waals surface area contributed by atoms with E-state index in [-0.39, 0.29) is 30.4 Å². The lowest BCUT2D eigenvalue weighted by Crippen LogP contribution is -2.44. The summed E-state index contributed by atoms with van der Waals surface area (Å²) in [5.41, 5.74) is 1.37. The number of aryl methyl sites for hydroxylation is 1. The van der Waals surface area contributed by atoms with Crippen molar-refractivity contribution in [2.45, 2.75) is 44.3 Å². The molecule has 1 aromatic carbocycles. The molecule has 0 spiro atoms. The molecule has 0 unspecified atom stereocenters. The van der Waals surface area contributed by atoms with E-state index in [9.17, 15) is 14.0 Å². The summed E-state index contributed by atoms with van der Waals surface area (Å²) in [5.74, 6) is -0.735. The van der Waals surface area contributed by atoms with Crippen molar-refractivity contribution >= 4 is 11.8 Å². The van der Waals surface area contributed by atoms with Crippen LogP contribution in [-0.4, -0.2) is 44.8 Å². The molecule has 0 bridgehead atoms. The predicted octanol–water partition coefficient (Wildman–Crippen LogP) is 2.96. The third-order valence-corrected chi connectivity index (χ3v) is 5.32. The molecule has 27 heavy (non-hydrogen) atoms. The lowest BCUT2D eigenvalue weighted by atomic mass is 10.2. The van der Waals surface area contributed by atoms with Crippen molar-refractivity contribution < 1.29 is 14.0 Å². The molecular weight excluding hydrogens is 345 g/mol. The van der Waals surface area contributed by atoms with E-state index in [1.54, 1.807) is 11.0 Å². The number of carbonyl (C=O) groups is 2. The Morgan fingerprint density at radius 1 is 1.07 bits per heavy atom. The largest absolute Gasteiger partial charge is 0.353 e. The Kier molecular flexibility index (Phi) is 4.72. The van der Waals surface area contributed by atoms with E-state index < -0.39 is 5.82 Å². The van der Waals surface area contributed by atoms with Crippen molar-refractivity contribution in [1.29, 1.82) is 0 Å². The Labute approximate surface area is 158 Å². The molecule has 2 aromatic rings. The molecule has 6 heteroatoms. The summed E-state index contributed by atoms with van der Waals surface area (Å²) in [4.78, 5) is 29.4. The van der Waals surface area contributed by atoms with Gasteiger partial charge < -0.3 is 14.4 Å². The Bertz CT molecular complexity index is 855. The molecule has 0 atom stereocenters. The molecule has 0 N–H and O–H groups in total. The quantitative estimate of drug-likeness (QED) is 0.753. The normalized spacial score (nSPS) is 16.2. The minimum absolute atomic E-state index is 0.0321. The number of carbonyl (C=O) groups excluding carboxylic acids is 2. The molecular formula is C21H24FN3O2. The van der Waals surface area contributed by atoms with Crippen LogP contribution >= 0.6 is 0 Å². The molecule has 2 saturated carbocycles. The van der Waals surface area contributed by atoms with E-state index in [4.69, 9.17) is 0 Å². The first-order valence-corrected chi connectivity index (χ1v) is 9.49. The molecule has 2 amide bonds. The maximum Gasteiger partial charge on any atom is 0.254 e. The molecule has 142 valence electrons. The second-order valence-corrected chi connectivity index (χ2v) is 7.54. The number of nitrogens with zero attached hydrogens (tertiary/aromatic N) is 3. The van der Waals surface area contributed by atoms with Gasteiger partial charge in [0.15, 0.2) is 0 Å². The summed E-state index contributed by atoms with van der Waals surface area (Å²) < 4.78 is 15.5. The average Bonchev–Trinajstić information content (AvgIpc) is 3.56. The highest BCUT2D eigenvalue weighted by Gasteiger charge is 2.38. The fraction of sp³-hybridized carbons (Fsp3) is 0.429. The highest BCUT2D eigenvalue weighted by atomic mass is 19.1. The molecule has 2 aliphatic carbocycles. The van der Waals surface area contributed by atoms with Crippen LogP contribution in [0.15, 0.2) is 42.6 Å². The lowest BCUT2D eigenvalue weighted by Gasteiger charge is -2.28. The van der Waals surface area contributed by atoms with Gasteiger partial charge in [0.25, 0.3) is 5.91 Å². The SMILES string of the molecule is Cn1cccc1CN(C(=O)CN(C(=O)c1cccc(F)c1)C1CC1)C1CC1. The van der Waals surface area contributed by atoms with Gasteiger partial charge >= 0.3 is 0 Å². The third-order valence-electron chi connectivity index (χ3n) is 5.32. The van der Waals surface area contributed by atoms with Gasteiger partial charge in [-0.1, -0.05) is 6.07 Å². The summed E-state index contributed by atoms with van der Waals surface area (Å²) in [6, 6.07) is 10.0. The second kappa shape index (κ2) is 7.18. The fourth-order valence-corrected chi connectivity index (χ4v) is 3.42. The molecule has 4 rings (SSSR count). The van der Waals surface area contributed by atoms with Crippen molar-refractivity contribution in [3.8, 4) is 0 Å². The van der Waals surface area contributed by atoms with Crippen molar-refractivity contribution in [2.75, 3.05) is 6.54 Å². The Hall–Kier alpha value is -2.63. The van der Waals surface area contributed by atoms with Crippen molar-refractivity contribution in [2.24, 2.45) is 7.05 Å². The van der Waals surface area contributed by atoms with Crippen LogP contribution in [0.4, 0.5) is 4.39 Å². The summed E-state index contributed by atoms with van der Waals surface area (Å²) in [7, 11) is 1.97. The van der Waals surface area contributed by atoms with Gasteiger partial charge in [-0.15, -0.1) is 0 Å². The first-order chi connectivity index (χ1) is 13.0. The minimum Gasteiger partial charge on any atom is -0.353 e. The van der Waals surface area contributed by atoms with Gasteiger partial charge in [0, 0.05) is 36.6 Å². The van der Waals surface area contributed by atoms with Crippen LogP contribution in [-0.2, 0) is 18.4 Å². The number of aromatic nitrogens is 1. The molecule has 0 aliphatic heterocycles. The summed E-state index contributed by atoms with van der Waals surface area (Å²) in [6.07, 6.45) is 5.79. The number of rotatable bonds is 7. The van der Waals surface area contributed by atoms with Crippen LogP contribution in [0.1, 0.15) is 41.7 Å². The van der Waals surface area contributed by atoms with Gasteiger partial charge in [0.05, 0.1) is 6.54 Å². The molecule has 2 fully saturated rings. The van der Waals surface area contributed by atoms with E-state index in [1.165, 1.54) is 18.2 Å². The second-order valence-electron chi connectivity index (χ2n) is 7.54. The maximum atomic E-state index is 13.5. The van der Waals surface area contributed by atoms with Gasteiger partial charge in [-0.25, -0.2) is 4.39 Å². The average molecular weight is 369 g/mol. The topological polar surface area (TPSA) is 45.6 Å². The highest BCUT2D eigenvalue weighted by molar-refractivity contribution is 5.97. The number of hydrogen-bond donors (Lipinski definition) is 0. The van der Waals surface area contributed by atoms with Crippen LogP contribution in [0, 0.1) is 5.82 Å². The van der Waals surface area contributed by atoms with Gasteiger partial charge in [0.1, 0.15) is 12.4 Å². The van der Waals surface area contributed by atoms with Crippen molar-refractivity contribution in [1.82, 2.24) is 14.4 Å². The van der Waals surface area contributed by atoms with Gasteiger partial charge in [-0.05, 0) is 56.0 Å². The number of amides is 2. The van der Waals surface area contributed by atoms with Gasteiger partial charge in [-0.2, -0.15) is 0 Å². The molecule has 1 heterocycles. The number of benzene rings is 1. The van der Waals surface area contributed by atoms with E-state index in [0.717, 1.165) is 31.4 Å². The van der Waals surface area contributed by atoms with Crippen LogP contribution < -0.4 is 0 Å². The summed E-state index contributed by atoms with van der Waals surface area (Å²) in [5, 5.41) is 0. The van der Waals surface area contributed by atoms with Crippen molar-refractivity contribution in [3.05, 3.63) is 59.7 Å². The van der Waals surface area contributed by atoms with Crippen LogP contribution in [0.2, 0.25) is 0 Å². The first-order valence-electron chi connectivity index (χ1n) is 9.49. The molecule has 5 nitrogen and oxygen atoms in total. The summed E-state index contributed by atoms with van der Waals surface area (Å²) >= 11 is 0. The zero-order valence-electron chi connectivity index (χ0n) is 15.5. The monoisotopic (exact) mass is 369 g/mol. The zero-order valence-corrected chi connectivity index (χ0v) is 15.5. The van der Waals surface area contributed by atoms with Crippen LogP contribution in [0.25, 0.3) is 0 Å². The van der Waals surface area contributed by atoms with Crippen LogP contribution in [0.5, 0.6) is 0 Å². The number of hydrogen-bond acceptors (Lipinski definition) is 2. The van der Waals surface area contributed by atoms with Gasteiger partial charge in [-0.3, -0.25) is 9.59 Å². The number of halogens is 1. The highest BCUT2D eigenvalue weighted by Crippen LogP contribution is 2.31. The minimum atomic E-state index is -0.439. The van der Waals surface area contributed by atoms with E-state index >= 15 is 0 Å². The molecule has 1 aromatic heterocycles. The van der Waals surface area contributed by atoms with E-state index in [0.29, 0.717) is 12.1 Å². The molecule has 2 aliphatic rings. The van der Waals surface area contributed by atoms with E-state index in [1.807, 2.05) is 34.8 Å². The van der Waals surface area contributed by atoms with Crippen LogP contribution in [0.3, 0.4) is 0 Å². The Morgan fingerprint density at radius 3 is 2.37 bits per heavy atom. The summed E-state index contributed by atoms with van der Waals surface area (Å²) in [6.45, 7) is 0.612. The maximum absolute atomic E-state index is 13.5. The van der Waals surface area contributed by atoms with Crippen molar-refractivity contribution in [3.63, 3.8) is 0 Å². The Balaban J connectivity index is 1.49. The Morgan fingerprint density at radius 2 is 1.78 bits per heavy atom. The van der Waals surface area contributed by atoms with Gasteiger partial charge in [0.2, 0.25) is 5.91 Å². The zero-order chi connectivity index (χ0) is 19.0. The third kappa shape index (κ3) is 4.04.